The molecule has 22 heavy (non-hydrogen) atoms. The minimum atomic E-state index is -0.459. The molecule has 0 aliphatic heterocycles. The van der Waals surface area contributed by atoms with Crippen LogP contribution in [0.4, 0.5) is 10.5 Å². The summed E-state index contributed by atoms with van der Waals surface area (Å²) in [5, 5.41) is 5.30. The van der Waals surface area contributed by atoms with E-state index in [1.54, 1.807) is 30.6 Å². The predicted molar refractivity (Wildman–Crippen MR) is 80.4 cm³/mol. The minimum absolute atomic E-state index is 0.260. The van der Waals surface area contributed by atoms with Crippen LogP contribution in [0.5, 0.6) is 0 Å². The van der Waals surface area contributed by atoms with Crippen molar-refractivity contribution < 1.29 is 14.3 Å². The molecule has 0 saturated carbocycles. The maximum absolute atomic E-state index is 11.8. The van der Waals surface area contributed by atoms with Gasteiger partial charge in [-0.2, -0.15) is 0 Å². The van der Waals surface area contributed by atoms with Gasteiger partial charge in [0.25, 0.3) is 0 Å². The predicted octanol–water partition coefficient (Wildman–Crippen LogP) is 1.89. The monoisotopic (exact) mass is 300 g/mol. The maximum atomic E-state index is 11.8. The molecule has 1 aromatic carbocycles. The van der Waals surface area contributed by atoms with E-state index in [9.17, 15) is 9.59 Å². The zero-order chi connectivity index (χ0) is 15.9. The van der Waals surface area contributed by atoms with Crippen LogP contribution in [0.3, 0.4) is 0 Å². The van der Waals surface area contributed by atoms with Gasteiger partial charge in [0.2, 0.25) is 0 Å². The largest absolute Gasteiger partial charge is 0.465 e. The molecule has 0 aliphatic rings. The van der Waals surface area contributed by atoms with Gasteiger partial charge in [0.1, 0.15) is 0 Å². The molecule has 0 saturated heterocycles. The smallest absolute Gasteiger partial charge is 0.337 e. The molecule has 0 unspecified atom stereocenters. The quantitative estimate of drug-likeness (QED) is 0.841. The van der Waals surface area contributed by atoms with Crippen LogP contribution in [-0.4, -0.2) is 29.1 Å². The summed E-state index contributed by atoms with van der Waals surface area (Å²) in [5.74, 6) is -0.459. The number of benzene rings is 1. The Morgan fingerprint density at radius 1 is 1.23 bits per heavy atom. The van der Waals surface area contributed by atoms with Gasteiger partial charge in [-0.15, -0.1) is 0 Å². The molecule has 0 atom stereocenters. The fourth-order valence-corrected chi connectivity index (χ4v) is 1.70. The van der Waals surface area contributed by atoms with Gasteiger partial charge in [-0.3, -0.25) is 9.97 Å². The van der Waals surface area contributed by atoms with E-state index in [1.807, 2.05) is 6.92 Å². The lowest BCUT2D eigenvalue weighted by atomic mass is 10.2. The van der Waals surface area contributed by atoms with Gasteiger partial charge in [0, 0.05) is 11.9 Å². The summed E-state index contributed by atoms with van der Waals surface area (Å²) in [5.41, 5.74) is 2.33. The fourth-order valence-electron chi connectivity index (χ4n) is 1.70. The second-order valence-electron chi connectivity index (χ2n) is 4.53. The van der Waals surface area contributed by atoms with Crippen LogP contribution in [0.25, 0.3) is 0 Å². The molecule has 7 nitrogen and oxygen atoms in total. The number of hydrogen-bond acceptors (Lipinski definition) is 5. The Morgan fingerprint density at radius 2 is 2.05 bits per heavy atom. The number of anilines is 1. The van der Waals surface area contributed by atoms with Gasteiger partial charge in [-0.05, 0) is 25.1 Å². The normalized spacial score (nSPS) is 9.91. The van der Waals surface area contributed by atoms with E-state index < -0.39 is 12.0 Å². The number of carbonyl (C=O) groups is 2. The highest BCUT2D eigenvalue weighted by atomic mass is 16.5. The van der Waals surface area contributed by atoms with Crippen molar-refractivity contribution in [2.45, 2.75) is 13.5 Å². The molecule has 0 spiro atoms. The summed E-state index contributed by atoms with van der Waals surface area (Å²) in [6, 6.07) is 6.09. The number of methoxy groups -OCH3 is 1. The molecule has 2 aromatic rings. The van der Waals surface area contributed by atoms with Crippen molar-refractivity contribution >= 4 is 17.7 Å². The number of aromatic nitrogens is 2. The van der Waals surface area contributed by atoms with E-state index in [0.717, 1.165) is 5.69 Å². The Hall–Kier alpha value is -2.96. The fraction of sp³-hybridized carbons (Fsp3) is 0.200. The van der Waals surface area contributed by atoms with Crippen LogP contribution in [-0.2, 0) is 11.3 Å². The average molecular weight is 300 g/mol. The highest BCUT2D eigenvalue weighted by molar-refractivity contribution is 5.93. The number of aryl methyl sites for hydroxylation is 1. The number of urea groups is 1. The molecule has 7 heteroatoms. The first-order valence-electron chi connectivity index (χ1n) is 6.59. The second kappa shape index (κ2) is 7.16. The van der Waals surface area contributed by atoms with Gasteiger partial charge >= 0.3 is 12.0 Å². The molecule has 114 valence electrons. The highest BCUT2D eigenvalue weighted by Crippen LogP contribution is 2.11. The zero-order valence-corrected chi connectivity index (χ0v) is 12.3. The van der Waals surface area contributed by atoms with E-state index in [2.05, 4.69) is 25.3 Å². The van der Waals surface area contributed by atoms with Crippen LogP contribution in [0.2, 0.25) is 0 Å². The third kappa shape index (κ3) is 4.27. The number of hydrogen-bond donors (Lipinski definition) is 2. The summed E-state index contributed by atoms with van der Waals surface area (Å²) >= 11 is 0. The van der Waals surface area contributed by atoms with E-state index in [1.165, 1.54) is 13.2 Å². The summed E-state index contributed by atoms with van der Waals surface area (Å²) in [7, 11) is 1.30. The average Bonchev–Trinajstić information content (AvgIpc) is 2.54. The lowest BCUT2D eigenvalue weighted by Crippen LogP contribution is -2.28. The van der Waals surface area contributed by atoms with Crippen molar-refractivity contribution in [3.05, 3.63) is 53.6 Å². The van der Waals surface area contributed by atoms with E-state index >= 15 is 0 Å². The Morgan fingerprint density at radius 3 is 2.73 bits per heavy atom. The first-order chi connectivity index (χ1) is 10.6. The molecule has 1 aromatic heterocycles. The molecular weight excluding hydrogens is 284 g/mol. The number of esters is 1. The molecule has 2 amide bonds. The van der Waals surface area contributed by atoms with Crippen LogP contribution in [0.1, 0.15) is 21.7 Å². The highest BCUT2D eigenvalue weighted by Gasteiger charge is 2.07. The van der Waals surface area contributed by atoms with Gasteiger partial charge < -0.3 is 15.4 Å². The van der Waals surface area contributed by atoms with E-state index in [4.69, 9.17) is 0 Å². The lowest BCUT2D eigenvalue weighted by Gasteiger charge is -2.08. The van der Waals surface area contributed by atoms with Crippen molar-refractivity contribution in [2.75, 3.05) is 12.4 Å². The molecular formula is C15H16N4O3. The summed E-state index contributed by atoms with van der Waals surface area (Å²) in [4.78, 5) is 31.5. The van der Waals surface area contributed by atoms with Crippen LogP contribution < -0.4 is 10.6 Å². The SMILES string of the molecule is COC(=O)c1cccc(NC(=O)NCc2cnc(C)cn2)c1. The van der Waals surface area contributed by atoms with Gasteiger partial charge in [0.05, 0.1) is 36.8 Å². The van der Waals surface area contributed by atoms with Gasteiger partial charge in [-0.25, -0.2) is 9.59 Å². The molecule has 2 rings (SSSR count). The number of nitrogens with zero attached hydrogens (tertiary/aromatic N) is 2. The van der Waals surface area contributed by atoms with E-state index in [0.29, 0.717) is 16.9 Å². The Bertz CT molecular complexity index is 671. The summed E-state index contributed by atoms with van der Waals surface area (Å²) in [6.45, 7) is 2.10. The number of carbonyl (C=O) groups excluding carboxylic acids is 2. The number of amides is 2. The maximum Gasteiger partial charge on any atom is 0.337 e. The molecule has 1 heterocycles. The molecule has 0 aliphatic carbocycles. The first kappa shape index (κ1) is 15.4. The zero-order valence-electron chi connectivity index (χ0n) is 12.3. The lowest BCUT2D eigenvalue weighted by molar-refractivity contribution is 0.0600. The van der Waals surface area contributed by atoms with Crippen molar-refractivity contribution in [3.63, 3.8) is 0 Å². The number of nitrogens with one attached hydrogen (secondary N) is 2. The summed E-state index contributed by atoms with van der Waals surface area (Å²) in [6.07, 6.45) is 3.24. The number of rotatable bonds is 4. The van der Waals surface area contributed by atoms with Gasteiger partial charge in [0.15, 0.2) is 0 Å². The number of ether oxygens (including phenoxy) is 1. The first-order valence-corrected chi connectivity index (χ1v) is 6.59. The third-order valence-electron chi connectivity index (χ3n) is 2.81. The minimum Gasteiger partial charge on any atom is -0.465 e. The van der Waals surface area contributed by atoms with Crippen molar-refractivity contribution in [2.24, 2.45) is 0 Å². The molecule has 2 N–H and O–H groups in total. The van der Waals surface area contributed by atoms with Crippen molar-refractivity contribution in [1.29, 1.82) is 0 Å². The molecule has 0 fully saturated rings. The van der Waals surface area contributed by atoms with Gasteiger partial charge in [-0.1, -0.05) is 6.07 Å². The van der Waals surface area contributed by atoms with Crippen molar-refractivity contribution in [1.82, 2.24) is 15.3 Å². The Kier molecular flexibility index (Phi) is 5.02. The third-order valence-corrected chi connectivity index (χ3v) is 2.81. The van der Waals surface area contributed by atoms with Crippen LogP contribution >= 0.6 is 0 Å². The van der Waals surface area contributed by atoms with Crippen LogP contribution in [0.15, 0.2) is 36.7 Å². The van der Waals surface area contributed by atoms with E-state index in [-0.39, 0.29) is 6.54 Å². The Balaban J connectivity index is 1.91. The van der Waals surface area contributed by atoms with Crippen molar-refractivity contribution in [3.8, 4) is 0 Å². The Labute approximate surface area is 127 Å². The molecule has 0 radical (unpaired) electrons. The topological polar surface area (TPSA) is 93.2 Å². The second-order valence-corrected chi connectivity index (χ2v) is 4.53. The standard InChI is InChI=1S/C15H16N4O3/c1-10-7-17-13(8-16-10)9-18-15(21)19-12-5-3-4-11(6-12)14(20)22-2/h3-8H,9H2,1-2H3,(H2,18,19,21). The molecule has 0 bridgehead atoms. The summed E-state index contributed by atoms with van der Waals surface area (Å²) < 4.78 is 4.63. The van der Waals surface area contributed by atoms with Crippen LogP contribution in [0, 0.1) is 6.92 Å².